The summed E-state index contributed by atoms with van der Waals surface area (Å²) in [4.78, 5) is 16.4. The number of hydrogen-bond acceptors (Lipinski definition) is 7. The Morgan fingerprint density at radius 2 is 1.62 bits per heavy atom. The number of nitrogens with zero attached hydrogens (tertiary/aromatic N) is 2. The van der Waals surface area contributed by atoms with E-state index in [1.165, 1.54) is 17.3 Å². The van der Waals surface area contributed by atoms with E-state index < -0.39 is 15.9 Å². The van der Waals surface area contributed by atoms with Crippen molar-refractivity contribution in [1.29, 1.82) is 0 Å². The van der Waals surface area contributed by atoms with E-state index in [9.17, 15) is 13.2 Å². The van der Waals surface area contributed by atoms with Crippen LogP contribution < -0.4 is 14.4 Å². The van der Waals surface area contributed by atoms with E-state index in [0.717, 1.165) is 47.6 Å². The molecule has 1 heterocycles. The van der Waals surface area contributed by atoms with Crippen molar-refractivity contribution in [3.8, 4) is 5.75 Å². The molecule has 0 spiro atoms. The highest BCUT2D eigenvalue weighted by Crippen LogP contribution is 2.27. The zero-order valence-electron chi connectivity index (χ0n) is 22.3. The number of amides is 1. The smallest absolute Gasteiger partial charge is 0.264 e. The zero-order valence-corrected chi connectivity index (χ0v) is 24.0. The Morgan fingerprint density at radius 3 is 2.23 bits per heavy atom. The van der Waals surface area contributed by atoms with Crippen molar-refractivity contribution in [3.63, 3.8) is 0 Å². The second kappa shape index (κ2) is 13.8. The molecule has 1 aliphatic heterocycles. The van der Waals surface area contributed by atoms with E-state index in [2.05, 4.69) is 22.3 Å². The van der Waals surface area contributed by atoms with Crippen LogP contribution in [0.2, 0.25) is 0 Å². The van der Waals surface area contributed by atoms with Crippen LogP contribution in [0.4, 0.5) is 5.69 Å². The van der Waals surface area contributed by atoms with Gasteiger partial charge in [0, 0.05) is 31.1 Å². The molecule has 4 rings (SSSR count). The lowest BCUT2D eigenvalue weighted by atomic mass is 10.1. The minimum Gasteiger partial charge on any atom is -0.494 e. The fraction of sp³-hybridized carbons (Fsp3) is 0.345. The van der Waals surface area contributed by atoms with E-state index in [-0.39, 0.29) is 11.4 Å². The summed E-state index contributed by atoms with van der Waals surface area (Å²) in [5, 5.41) is 2.87. The topological polar surface area (TPSA) is 88.2 Å². The van der Waals surface area contributed by atoms with Crippen LogP contribution in [0.15, 0.2) is 82.6 Å². The SMILES string of the molecule is CCOc1ccc(N(CC(=O)NCc2ccc(CN3CCOCC3)cc2)S(=O)(=O)c2ccc(SC)cc2)cc1. The number of ether oxygens (including phenoxy) is 2. The molecule has 0 aromatic heterocycles. The number of rotatable bonds is 12. The Morgan fingerprint density at radius 1 is 0.974 bits per heavy atom. The summed E-state index contributed by atoms with van der Waals surface area (Å²) in [6.07, 6.45) is 1.93. The van der Waals surface area contributed by atoms with Crippen molar-refractivity contribution in [2.24, 2.45) is 0 Å². The summed E-state index contributed by atoms with van der Waals surface area (Å²) in [5.41, 5.74) is 2.53. The molecule has 0 bridgehead atoms. The molecule has 0 aliphatic carbocycles. The third-order valence-corrected chi connectivity index (χ3v) is 8.92. The maximum atomic E-state index is 13.6. The molecule has 39 heavy (non-hydrogen) atoms. The molecule has 1 saturated heterocycles. The highest BCUT2D eigenvalue weighted by Gasteiger charge is 2.27. The first-order valence-electron chi connectivity index (χ1n) is 12.9. The van der Waals surface area contributed by atoms with Crippen molar-refractivity contribution in [3.05, 3.63) is 83.9 Å². The van der Waals surface area contributed by atoms with Gasteiger partial charge in [0.15, 0.2) is 0 Å². The summed E-state index contributed by atoms with van der Waals surface area (Å²) < 4.78 is 39.3. The number of morpholine rings is 1. The van der Waals surface area contributed by atoms with Gasteiger partial charge in [-0.15, -0.1) is 11.8 Å². The maximum absolute atomic E-state index is 13.6. The first kappa shape index (κ1) is 28.9. The Balaban J connectivity index is 1.45. The predicted molar refractivity (Wildman–Crippen MR) is 155 cm³/mol. The van der Waals surface area contributed by atoms with Gasteiger partial charge >= 0.3 is 0 Å². The highest BCUT2D eigenvalue weighted by molar-refractivity contribution is 7.98. The number of nitrogens with one attached hydrogen (secondary N) is 1. The monoisotopic (exact) mass is 569 g/mol. The van der Waals surface area contributed by atoms with Crippen molar-refractivity contribution in [1.82, 2.24) is 10.2 Å². The quantitative estimate of drug-likeness (QED) is 0.328. The van der Waals surface area contributed by atoms with Gasteiger partial charge in [-0.05, 0) is 72.8 Å². The van der Waals surface area contributed by atoms with Gasteiger partial charge in [-0.3, -0.25) is 14.0 Å². The van der Waals surface area contributed by atoms with Crippen LogP contribution >= 0.6 is 11.8 Å². The third kappa shape index (κ3) is 7.98. The largest absolute Gasteiger partial charge is 0.494 e. The summed E-state index contributed by atoms with van der Waals surface area (Å²) in [6, 6.07) is 21.5. The second-order valence-corrected chi connectivity index (χ2v) is 11.8. The Bertz CT molecular complexity index is 1310. The fourth-order valence-corrected chi connectivity index (χ4v) is 6.06. The Hall–Kier alpha value is -3.05. The van der Waals surface area contributed by atoms with Crippen molar-refractivity contribution < 1.29 is 22.7 Å². The molecule has 1 amide bonds. The van der Waals surface area contributed by atoms with Crippen molar-refractivity contribution in [2.45, 2.75) is 29.8 Å². The van der Waals surface area contributed by atoms with Gasteiger partial charge in [-0.1, -0.05) is 24.3 Å². The first-order valence-corrected chi connectivity index (χ1v) is 15.6. The van der Waals surface area contributed by atoms with Crippen LogP contribution in [0.1, 0.15) is 18.1 Å². The van der Waals surface area contributed by atoms with Gasteiger partial charge in [0.1, 0.15) is 12.3 Å². The van der Waals surface area contributed by atoms with Crippen LogP contribution in [0.5, 0.6) is 5.75 Å². The summed E-state index contributed by atoms with van der Waals surface area (Å²) >= 11 is 1.53. The van der Waals surface area contributed by atoms with Crippen LogP contribution in [-0.4, -0.2) is 64.9 Å². The van der Waals surface area contributed by atoms with Crippen LogP contribution in [0.25, 0.3) is 0 Å². The van der Waals surface area contributed by atoms with E-state index >= 15 is 0 Å². The standard InChI is InChI=1S/C29H35N3O5S2/c1-3-37-26-10-8-25(9-11-26)32(39(34,35)28-14-12-27(38-2)13-15-28)22-29(33)30-20-23-4-6-24(7-5-23)21-31-16-18-36-19-17-31/h4-15H,3,16-22H2,1-2H3,(H,30,33). The van der Waals surface area contributed by atoms with E-state index in [1.54, 1.807) is 48.5 Å². The Labute approximate surface area is 235 Å². The average molecular weight is 570 g/mol. The van der Waals surface area contributed by atoms with Crippen LogP contribution in [-0.2, 0) is 32.6 Å². The molecule has 3 aromatic carbocycles. The van der Waals surface area contributed by atoms with Gasteiger partial charge in [0.25, 0.3) is 10.0 Å². The molecule has 1 N–H and O–H groups in total. The van der Waals surface area contributed by atoms with Gasteiger partial charge in [0.05, 0.1) is 30.4 Å². The van der Waals surface area contributed by atoms with Gasteiger partial charge in [0.2, 0.25) is 5.91 Å². The predicted octanol–water partition coefficient (Wildman–Crippen LogP) is 4.15. The number of carbonyl (C=O) groups excluding carboxylic acids is 1. The van der Waals surface area contributed by atoms with Crippen LogP contribution in [0.3, 0.4) is 0 Å². The molecule has 0 saturated carbocycles. The number of hydrogen-bond donors (Lipinski definition) is 1. The van der Waals surface area contributed by atoms with Crippen molar-refractivity contribution >= 4 is 33.4 Å². The van der Waals surface area contributed by atoms with Crippen molar-refractivity contribution in [2.75, 3.05) is 50.0 Å². The second-order valence-electron chi connectivity index (χ2n) is 9.10. The minimum absolute atomic E-state index is 0.123. The van der Waals surface area contributed by atoms with Crippen LogP contribution in [0, 0.1) is 0 Å². The fourth-order valence-electron chi connectivity index (χ4n) is 4.23. The molecule has 0 radical (unpaired) electrons. The highest BCUT2D eigenvalue weighted by atomic mass is 32.2. The zero-order chi connectivity index (χ0) is 27.7. The summed E-state index contributed by atoms with van der Waals surface area (Å²) in [6.45, 7) is 6.56. The van der Waals surface area contributed by atoms with E-state index in [4.69, 9.17) is 9.47 Å². The van der Waals surface area contributed by atoms with Gasteiger partial charge in [-0.25, -0.2) is 8.42 Å². The lowest BCUT2D eigenvalue weighted by Gasteiger charge is -2.26. The molecule has 0 unspecified atom stereocenters. The summed E-state index contributed by atoms with van der Waals surface area (Å²) in [7, 11) is -3.99. The molecule has 1 fully saturated rings. The molecule has 3 aromatic rings. The normalized spacial score (nSPS) is 14.1. The number of sulfonamides is 1. The maximum Gasteiger partial charge on any atom is 0.264 e. The number of thioether (sulfide) groups is 1. The molecule has 1 aliphatic rings. The lowest BCUT2D eigenvalue weighted by molar-refractivity contribution is -0.119. The minimum atomic E-state index is -3.99. The average Bonchev–Trinajstić information content (AvgIpc) is 2.97. The van der Waals surface area contributed by atoms with E-state index in [1.807, 2.05) is 25.3 Å². The number of anilines is 1. The third-order valence-electron chi connectivity index (χ3n) is 6.39. The molecule has 0 atom stereocenters. The van der Waals surface area contributed by atoms with Gasteiger partial charge in [-0.2, -0.15) is 0 Å². The molecule has 208 valence electrons. The Kier molecular flexibility index (Phi) is 10.3. The number of carbonyl (C=O) groups is 1. The summed E-state index contributed by atoms with van der Waals surface area (Å²) in [5.74, 6) is 0.232. The number of benzene rings is 3. The van der Waals surface area contributed by atoms with E-state index in [0.29, 0.717) is 24.6 Å². The van der Waals surface area contributed by atoms with Gasteiger partial charge < -0.3 is 14.8 Å². The molecular weight excluding hydrogens is 534 g/mol. The molecular formula is C29H35N3O5S2. The lowest BCUT2D eigenvalue weighted by Crippen LogP contribution is -2.40. The molecule has 8 nitrogen and oxygen atoms in total. The molecule has 10 heteroatoms. The first-order chi connectivity index (χ1) is 18.9.